The lowest BCUT2D eigenvalue weighted by Crippen LogP contribution is -2.49. The van der Waals surface area contributed by atoms with Gasteiger partial charge in [-0.2, -0.15) is 0 Å². The van der Waals surface area contributed by atoms with Crippen LogP contribution in [0.5, 0.6) is 5.75 Å². The number of carbonyl (C=O) groups excluding carboxylic acids is 2. The van der Waals surface area contributed by atoms with Crippen molar-refractivity contribution in [1.29, 1.82) is 0 Å². The molecule has 0 bridgehead atoms. The van der Waals surface area contributed by atoms with Gasteiger partial charge >= 0.3 is 5.97 Å². The van der Waals surface area contributed by atoms with E-state index in [2.05, 4.69) is 19.2 Å². The van der Waals surface area contributed by atoms with Crippen LogP contribution in [0.1, 0.15) is 116 Å². The second-order valence-electron chi connectivity index (χ2n) is 10.9. The van der Waals surface area contributed by atoms with Crippen molar-refractivity contribution in [2.45, 2.75) is 123 Å². The van der Waals surface area contributed by atoms with Crippen molar-refractivity contribution >= 4 is 17.7 Å². The molecule has 226 valence electrons. The highest BCUT2D eigenvalue weighted by molar-refractivity contribution is 5.90. The molecule has 0 fully saturated rings. The second-order valence-corrected chi connectivity index (χ2v) is 10.9. The van der Waals surface area contributed by atoms with E-state index >= 15 is 0 Å². The molecule has 0 radical (unpaired) electrons. The number of Topliss-reactive ketones (excluding diaryl/α,β-unsaturated/α-hetero) is 1. The zero-order valence-electron chi connectivity index (χ0n) is 25.1. The maximum atomic E-state index is 12.8. The fraction of sp³-hybridized carbons (Fsp3) is 0.667. The molecule has 1 aromatic rings. The topological polar surface area (TPSA) is 113 Å². The van der Waals surface area contributed by atoms with E-state index in [1.165, 1.54) is 25.3 Å². The summed E-state index contributed by atoms with van der Waals surface area (Å²) in [6.45, 7) is 6.46. The Bertz CT molecular complexity index is 877. The Labute approximate surface area is 241 Å². The Morgan fingerprint density at radius 3 is 2.10 bits per heavy atom. The van der Waals surface area contributed by atoms with Crippen molar-refractivity contribution in [3.63, 3.8) is 0 Å². The highest BCUT2D eigenvalue weighted by atomic mass is 16.5. The minimum absolute atomic E-state index is 0.326. The van der Waals surface area contributed by atoms with Gasteiger partial charge in [0, 0.05) is 19.4 Å². The lowest BCUT2D eigenvalue weighted by atomic mass is 9.87. The van der Waals surface area contributed by atoms with Crippen LogP contribution in [0.4, 0.5) is 0 Å². The van der Waals surface area contributed by atoms with Crippen LogP contribution >= 0.6 is 0 Å². The summed E-state index contributed by atoms with van der Waals surface area (Å²) in [4.78, 5) is 36.5. The monoisotopic (exact) mass is 559 g/mol. The van der Waals surface area contributed by atoms with Gasteiger partial charge in [0.1, 0.15) is 11.5 Å². The number of benzene rings is 1. The van der Waals surface area contributed by atoms with Crippen LogP contribution in [0.3, 0.4) is 0 Å². The van der Waals surface area contributed by atoms with E-state index in [4.69, 9.17) is 4.74 Å². The average molecular weight is 560 g/mol. The van der Waals surface area contributed by atoms with E-state index in [1.54, 1.807) is 6.08 Å². The number of unbranched alkanes of at least 4 members (excludes halogenated alkanes) is 9. The molecule has 0 heterocycles. The van der Waals surface area contributed by atoms with Gasteiger partial charge in [-0.1, -0.05) is 83.1 Å². The first-order chi connectivity index (χ1) is 19.2. The molecule has 0 aliphatic carbocycles. The Hall–Kier alpha value is -2.67. The molecule has 0 aliphatic rings. The Morgan fingerprint density at radius 2 is 1.50 bits per heavy atom. The molecule has 1 aromatic carbocycles. The summed E-state index contributed by atoms with van der Waals surface area (Å²) < 4.78 is 5.67. The van der Waals surface area contributed by atoms with E-state index in [0.717, 1.165) is 69.6 Å². The summed E-state index contributed by atoms with van der Waals surface area (Å²) in [5, 5.41) is 22.8. The van der Waals surface area contributed by atoms with Gasteiger partial charge in [-0.15, -0.1) is 0 Å². The summed E-state index contributed by atoms with van der Waals surface area (Å²) in [6.07, 6.45) is 17.5. The number of allylic oxidation sites excluding steroid dienone is 1. The van der Waals surface area contributed by atoms with Crippen LogP contribution in [0.25, 0.3) is 0 Å². The minimum atomic E-state index is -2.21. The number of ketones is 1. The fourth-order valence-corrected chi connectivity index (χ4v) is 4.41. The van der Waals surface area contributed by atoms with Crippen molar-refractivity contribution in [1.82, 2.24) is 5.32 Å². The molecule has 0 saturated heterocycles. The molecule has 40 heavy (non-hydrogen) atoms. The number of amides is 1. The van der Waals surface area contributed by atoms with Crippen molar-refractivity contribution < 1.29 is 29.3 Å². The fourth-order valence-electron chi connectivity index (χ4n) is 4.41. The van der Waals surface area contributed by atoms with Gasteiger partial charge in [-0.05, 0) is 63.1 Å². The number of nitrogens with one attached hydrogen (secondary N) is 1. The van der Waals surface area contributed by atoms with Crippen LogP contribution in [0, 0.1) is 5.92 Å². The van der Waals surface area contributed by atoms with Crippen LogP contribution in [0.2, 0.25) is 0 Å². The third-order valence-corrected chi connectivity index (χ3v) is 7.19. The molecular formula is C33H53NO6. The number of carboxylic acid groups (broad SMARTS) is 1. The van der Waals surface area contributed by atoms with E-state index < -0.39 is 23.4 Å². The molecule has 0 aliphatic heterocycles. The standard InChI is InChI=1S/C33H53NO6/c1-4-6-8-11-14-17-28(35)18-15-12-9-10-13-16-19-30(33(3,39)32(37)38)31(36)34-25-24-27-20-22-29(23-21-27)40-26-7-5-2/h16,19-23,30,39H,4-15,17-18,24-26H2,1-3H3,(H,34,36)(H,37,38)/b19-16+/t30-,33+/m1/s1. The maximum absolute atomic E-state index is 12.8. The average Bonchev–Trinajstić information content (AvgIpc) is 2.92. The van der Waals surface area contributed by atoms with Gasteiger partial charge in [0.25, 0.3) is 0 Å². The number of carbonyl (C=O) groups is 3. The Kier molecular flexibility index (Phi) is 18.7. The van der Waals surface area contributed by atoms with Crippen LogP contribution < -0.4 is 10.1 Å². The Morgan fingerprint density at radius 1 is 0.900 bits per heavy atom. The number of ether oxygens (including phenoxy) is 1. The third kappa shape index (κ3) is 15.2. The summed E-state index contributed by atoms with van der Waals surface area (Å²) >= 11 is 0. The van der Waals surface area contributed by atoms with Crippen LogP contribution in [0.15, 0.2) is 36.4 Å². The normalized spacial score (nSPS) is 13.6. The first kappa shape index (κ1) is 35.4. The van der Waals surface area contributed by atoms with Gasteiger partial charge in [0.05, 0.1) is 12.5 Å². The van der Waals surface area contributed by atoms with Gasteiger partial charge in [-0.25, -0.2) is 4.79 Å². The smallest absolute Gasteiger partial charge is 0.336 e. The number of hydrogen-bond donors (Lipinski definition) is 3. The molecule has 3 N–H and O–H groups in total. The molecule has 0 spiro atoms. The van der Waals surface area contributed by atoms with E-state index in [0.29, 0.717) is 44.6 Å². The predicted molar refractivity (Wildman–Crippen MR) is 161 cm³/mol. The minimum Gasteiger partial charge on any atom is -0.494 e. The number of hydrogen-bond acceptors (Lipinski definition) is 5. The largest absolute Gasteiger partial charge is 0.494 e. The highest BCUT2D eigenvalue weighted by Gasteiger charge is 2.42. The van der Waals surface area contributed by atoms with Crippen LogP contribution in [-0.4, -0.2) is 46.6 Å². The number of aliphatic carboxylic acids is 1. The molecule has 0 unspecified atom stereocenters. The number of aliphatic hydroxyl groups is 1. The first-order valence-corrected chi connectivity index (χ1v) is 15.4. The lowest BCUT2D eigenvalue weighted by molar-refractivity contribution is -0.163. The van der Waals surface area contributed by atoms with Crippen molar-refractivity contribution in [3.05, 3.63) is 42.0 Å². The molecule has 2 atom stereocenters. The van der Waals surface area contributed by atoms with Crippen molar-refractivity contribution in [2.24, 2.45) is 5.92 Å². The lowest BCUT2D eigenvalue weighted by Gasteiger charge is -2.25. The molecule has 7 nitrogen and oxygen atoms in total. The predicted octanol–water partition coefficient (Wildman–Crippen LogP) is 6.80. The molecule has 7 heteroatoms. The Balaban J connectivity index is 2.40. The summed E-state index contributed by atoms with van der Waals surface area (Å²) in [7, 11) is 0. The second kappa shape index (κ2) is 21.1. The van der Waals surface area contributed by atoms with Crippen molar-refractivity contribution in [2.75, 3.05) is 13.2 Å². The van der Waals surface area contributed by atoms with E-state index in [-0.39, 0.29) is 0 Å². The van der Waals surface area contributed by atoms with Crippen LogP contribution in [-0.2, 0) is 20.8 Å². The van der Waals surface area contributed by atoms with Gasteiger partial charge in [0.2, 0.25) is 5.91 Å². The number of rotatable bonds is 24. The molecule has 1 rings (SSSR count). The molecule has 0 saturated carbocycles. The van der Waals surface area contributed by atoms with E-state index in [1.807, 2.05) is 24.3 Å². The first-order valence-electron chi connectivity index (χ1n) is 15.4. The summed E-state index contributed by atoms with van der Waals surface area (Å²) in [5.74, 6) is -1.99. The van der Waals surface area contributed by atoms with Gasteiger partial charge in [0.15, 0.2) is 5.60 Å². The van der Waals surface area contributed by atoms with E-state index in [9.17, 15) is 24.6 Å². The zero-order chi connectivity index (χ0) is 29.6. The number of carboxylic acids is 1. The molecular weight excluding hydrogens is 506 g/mol. The van der Waals surface area contributed by atoms with Gasteiger partial charge in [-0.3, -0.25) is 9.59 Å². The zero-order valence-corrected chi connectivity index (χ0v) is 25.1. The summed E-state index contributed by atoms with van der Waals surface area (Å²) in [6, 6.07) is 7.70. The molecule has 0 aromatic heterocycles. The van der Waals surface area contributed by atoms with Gasteiger partial charge < -0.3 is 20.3 Å². The highest BCUT2D eigenvalue weighted by Crippen LogP contribution is 2.21. The summed E-state index contributed by atoms with van der Waals surface area (Å²) in [5.41, 5.74) is -1.19. The maximum Gasteiger partial charge on any atom is 0.336 e. The van der Waals surface area contributed by atoms with Crippen molar-refractivity contribution in [3.8, 4) is 5.75 Å². The third-order valence-electron chi connectivity index (χ3n) is 7.19. The molecule has 1 amide bonds. The quantitative estimate of drug-likeness (QED) is 0.0948. The SMILES string of the molecule is CCCCCCCC(=O)CCCCCC/C=C/[C@H](C(=O)NCCc1ccc(OCCCC)cc1)[C@](C)(O)C(=O)O.